The molecule has 0 aromatic carbocycles. The average Bonchev–Trinajstić information content (AvgIpc) is 3.38. The number of likely N-dealkylation sites (tertiary alicyclic amines) is 1. The maximum absolute atomic E-state index is 10.6. The summed E-state index contributed by atoms with van der Waals surface area (Å²) in [5.41, 5.74) is 3.40. The second kappa shape index (κ2) is 11.4. The molecule has 3 rings (SSSR count). The highest BCUT2D eigenvalue weighted by Crippen LogP contribution is 2.28. The van der Waals surface area contributed by atoms with Gasteiger partial charge in [-0.2, -0.15) is 18.3 Å². The largest absolute Gasteiger partial charge is 0.490 e. The van der Waals surface area contributed by atoms with Crippen molar-refractivity contribution < 1.29 is 37.1 Å². The highest BCUT2D eigenvalue weighted by Gasteiger charge is 2.38. The van der Waals surface area contributed by atoms with Gasteiger partial charge in [0.05, 0.1) is 31.2 Å². The summed E-state index contributed by atoms with van der Waals surface area (Å²) in [6.07, 6.45) is 1.10. The molecule has 0 bridgehead atoms. The van der Waals surface area contributed by atoms with Crippen LogP contribution in [0.5, 0.6) is 0 Å². The molecule has 0 saturated carbocycles. The van der Waals surface area contributed by atoms with E-state index in [1.165, 1.54) is 11.1 Å². The molecule has 180 valence electrons. The van der Waals surface area contributed by atoms with Crippen LogP contribution in [-0.4, -0.2) is 76.1 Å². The van der Waals surface area contributed by atoms with Crippen LogP contribution < -0.4 is 0 Å². The predicted octanol–water partition coefficient (Wildman–Crippen LogP) is 2.51. The lowest BCUT2D eigenvalue weighted by atomic mass is 10.0. The van der Waals surface area contributed by atoms with E-state index in [1.807, 2.05) is 31.8 Å². The van der Waals surface area contributed by atoms with Crippen LogP contribution >= 0.6 is 0 Å². The molecule has 1 saturated heterocycles. The van der Waals surface area contributed by atoms with Gasteiger partial charge in [0.25, 0.3) is 0 Å². The molecule has 9 nitrogen and oxygen atoms in total. The highest BCUT2D eigenvalue weighted by molar-refractivity contribution is 5.73. The van der Waals surface area contributed by atoms with Gasteiger partial charge in [-0.25, -0.2) is 4.79 Å². The second-order valence-corrected chi connectivity index (χ2v) is 7.56. The van der Waals surface area contributed by atoms with Gasteiger partial charge in [0.15, 0.2) is 0 Å². The number of alkyl halides is 3. The molecule has 3 heterocycles. The van der Waals surface area contributed by atoms with Crippen molar-refractivity contribution in [2.45, 2.75) is 51.6 Å². The lowest BCUT2D eigenvalue weighted by Crippen LogP contribution is -2.38. The predicted molar refractivity (Wildman–Crippen MR) is 107 cm³/mol. The van der Waals surface area contributed by atoms with E-state index in [-0.39, 0.29) is 6.10 Å². The Labute approximate surface area is 184 Å². The molecule has 0 spiro atoms. The Bertz CT molecular complexity index is 848. The molecule has 12 heteroatoms. The fraction of sp³-hybridized carbons (Fsp3) is 0.650. The highest BCUT2D eigenvalue weighted by atomic mass is 19.4. The Kier molecular flexibility index (Phi) is 9.22. The molecule has 0 amide bonds. The SMILES string of the molecule is COCCO[C@@H]1CCN(Cc2c(C)noc2C)[C@H]1Cc1cnn(C)c1.O=C(O)C(F)(F)F. The minimum atomic E-state index is -5.08. The first kappa shape index (κ1) is 25.8. The molecule has 32 heavy (non-hydrogen) atoms. The van der Waals surface area contributed by atoms with Crippen LogP contribution in [0.25, 0.3) is 0 Å². The van der Waals surface area contributed by atoms with Crippen molar-refractivity contribution in [1.82, 2.24) is 19.8 Å². The number of nitrogens with zero attached hydrogens (tertiary/aromatic N) is 4. The van der Waals surface area contributed by atoms with Crippen LogP contribution in [0.1, 0.15) is 29.0 Å². The standard InChI is InChI=1S/C18H28N4O3.C2HF3O2/c1-13-16(14(2)25-20-13)12-22-6-5-18(24-8-7-23-4)17(22)9-15-10-19-21(3)11-15;3-2(4,5)1(6)7/h10-11,17-18H,5-9,12H2,1-4H3;(H,6,7)/t17-,18+;/m0./s1. The maximum atomic E-state index is 10.6. The summed E-state index contributed by atoms with van der Waals surface area (Å²) < 4.78 is 50.2. The maximum Gasteiger partial charge on any atom is 0.490 e. The first-order chi connectivity index (χ1) is 15.0. The number of carboxylic acids is 1. The van der Waals surface area contributed by atoms with E-state index < -0.39 is 12.1 Å². The van der Waals surface area contributed by atoms with E-state index in [0.29, 0.717) is 19.3 Å². The molecular weight excluding hydrogens is 433 g/mol. The molecule has 1 aliphatic heterocycles. The summed E-state index contributed by atoms with van der Waals surface area (Å²) in [6, 6.07) is 0.315. The summed E-state index contributed by atoms with van der Waals surface area (Å²) in [7, 11) is 3.65. The van der Waals surface area contributed by atoms with E-state index in [2.05, 4.69) is 21.4 Å². The van der Waals surface area contributed by atoms with Gasteiger partial charge in [-0.05, 0) is 32.3 Å². The molecule has 0 radical (unpaired) electrons. The third-order valence-electron chi connectivity index (χ3n) is 5.21. The fourth-order valence-electron chi connectivity index (χ4n) is 3.57. The Morgan fingerprint density at radius 2 is 2.03 bits per heavy atom. The Balaban J connectivity index is 0.000000451. The third kappa shape index (κ3) is 7.31. The van der Waals surface area contributed by atoms with Crippen molar-refractivity contribution >= 4 is 5.97 Å². The molecular formula is C20H29F3N4O5. The van der Waals surface area contributed by atoms with Gasteiger partial charge in [-0.1, -0.05) is 5.16 Å². The van der Waals surface area contributed by atoms with E-state index in [1.54, 1.807) is 7.11 Å². The first-order valence-corrected chi connectivity index (χ1v) is 10.1. The molecule has 1 fully saturated rings. The number of methoxy groups -OCH3 is 1. The number of carbonyl (C=O) groups is 1. The average molecular weight is 462 g/mol. The van der Waals surface area contributed by atoms with Crippen LogP contribution in [0.15, 0.2) is 16.9 Å². The molecule has 2 aromatic heterocycles. The number of aromatic nitrogens is 3. The van der Waals surface area contributed by atoms with Crippen LogP contribution in [0, 0.1) is 13.8 Å². The minimum Gasteiger partial charge on any atom is -0.475 e. The van der Waals surface area contributed by atoms with Gasteiger partial charge >= 0.3 is 12.1 Å². The zero-order chi connectivity index (χ0) is 23.9. The van der Waals surface area contributed by atoms with Gasteiger partial charge in [-0.15, -0.1) is 0 Å². The Hall–Kier alpha value is -2.44. The van der Waals surface area contributed by atoms with Crippen molar-refractivity contribution in [3.05, 3.63) is 35.0 Å². The topological polar surface area (TPSA) is 103 Å². The van der Waals surface area contributed by atoms with Gasteiger partial charge in [0, 0.05) is 45.0 Å². The molecule has 0 aliphatic carbocycles. The van der Waals surface area contributed by atoms with Gasteiger partial charge in [0.1, 0.15) is 5.76 Å². The van der Waals surface area contributed by atoms with E-state index in [0.717, 1.165) is 37.4 Å². The van der Waals surface area contributed by atoms with E-state index in [4.69, 9.17) is 23.9 Å². The lowest BCUT2D eigenvalue weighted by Gasteiger charge is -2.28. The summed E-state index contributed by atoms with van der Waals surface area (Å²) in [5, 5.41) is 15.5. The van der Waals surface area contributed by atoms with Crippen molar-refractivity contribution in [1.29, 1.82) is 0 Å². The lowest BCUT2D eigenvalue weighted by molar-refractivity contribution is -0.192. The fourth-order valence-corrected chi connectivity index (χ4v) is 3.57. The second-order valence-electron chi connectivity index (χ2n) is 7.56. The van der Waals surface area contributed by atoms with Crippen molar-refractivity contribution in [2.24, 2.45) is 7.05 Å². The monoisotopic (exact) mass is 462 g/mol. The Morgan fingerprint density at radius 3 is 2.53 bits per heavy atom. The van der Waals surface area contributed by atoms with Gasteiger partial charge < -0.3 is 19.1 Å². The number of hydrogen-bond donors (Lipinski definition) is 1. The van der Waals surface area contributed by atoms with Crippen LogP contribution in [0.2, 0.25) is 0 Å². The molecule has 2 aromatic rings. The quantitative estimate of drug-likeness (QED) is 0.597. The van der Waals surface area contributed by atoms with Gasteiger partial charge in [0.2, 0.25) is 0 Å². The normalized spacial score (nSPS) is 19.1. The smallest absolute Gasteiger partial charge is 0.475 e. The Morgan fingerprint density at radius 1 is 1.34 bits per heavy atom. The van der Waals surface area contributed by atoms with Crippen LogP contribution in [-0.2, 0) is 34.3 Å². The molecule has 1 aliphatic rings. The summed E-state index contributed by atoms with van der Waals surface area (Å²) in [4.78, 5) is 11.4. The summed E-state index contributed by atoms with van der Waals surface area (Å²) >= 11 is 0. The van der Waals surface area contributed by atoms with Crippen LogP contribution in [0.3, 0.4) is 0 Å². The van der Waals surface area contributed by atoms with Gasteiger partial charge in [-0.3, -0.25) is 9.58 Å². The number of hydrogen-bond acceptors (Lipinski definition) is 7. The van der Waals surface area contributed by atoms with Crippen molar-refractivity contribution in [2.75, 3.05) is 26.9 Å². The summed E-state index contributed by atoms with van der Waals surface area (Å²) in [6.45, 7) is 7.09. The van der Waals surface area contributed by atoms with Crippen molar-refractivity contribution in [3.63, 3.8) is 0 Å². The zero-order valence-corrected chi connectivity index (χ0v) is 18.6. The molecule has 2 atom stereocenters. The minimum absolute atomic E-state index is 0.204. The molecule has 1 N–H and O–H groups in total. The van der Waals surface area contributed by atoms with E-state index in [9.17, 15) is 13.2 Å². The number of halogens is 3. The number of ether oxygens (including phenoxy) is 2. The number of aryl methyl sites for hydroxylation is 3. The number of aliphatic carboxylic acids is 1. The number of carboxylic acid groups (broad SMARTS) is 1. The van der Waals surface area contributed by atoms with Crippen LogP contribution in [0.4, 0.5) is 13.2 Å². The van der Waals surface area contributed by atoms with Crippen molar-refractivity contribution in [3.8, 4) is 0 Å². The molecule has 0 unspecified atom stereocenters. The third-order valence-corrected chi connectivity index (χ3v) is 5.21. The first-order valence-electron chi connectivity index (χ1n) is 10.1. The zero-order valence-electron chi connectivity index (χ0n) is 18.6. The van der Waals surface area contributed by atoms with E-state index >= 15 is 0 Å². The summed E-state index contributed by atoms with van der Waals surface area (Å²) in [5.74, 6) is -1.85. The number of rotatable bonds is 8.